The van der Waals surface area contributed by atoms with E-state index in [1.54, 1.807) is 6.92 Å². The Bertz CT molecular complexity index is 427. The van der Waals surface area contributed by atoms with E-state index in [0.717, 1.165) is 19.3 Å². The van der Waals surface area contributed by atoms with Gasteiger partial charge in [-0.3, -0.25) is 14.4 Å². The van der Waals surface area contributed by atoms with Crippen LogP contribution in [-0.2, 0) is 14.4 Å². The van der Waals surface area contributed by atoms with Crippen LogP contribution in [0, 0.1) is 0 Å². The summed E-state index contributed by atoms with van der Waals surface area (Å²) in [6.45, 7) is 2.61. The number of halogens is 2. The molecule has 0 saturated carbocycles. The standard InChI is InChI=1S/C16H32ClN5O3.ClH/c1-11(21-16(25)12(20)6-2-4-8-18)15(24)22-13(14(23)10-17)7-3-5-9-19;/h11-13H,2-10,18-20H2,1H3,(H,21,25)(H,22,24);1H. The Labute approximate surface area is 166 Å². The first-order valence-electron chi connectivity index (χ1n) is 8.72. The minimum absolute atomic E-state index is 0. The summed E-state index contributed by atoms with van der Waals surface area (Å²) in [6, 6.07) is -2.16. The summed E-state index contributed by atoms with van der Waals surface area (Å²) in [4.78, 5) is 36.1. The molecule has 0 aromatic carbocycles. The van der Waals surface area contributed by atoms with Crippen LogP contribution in [0.4, 0.5) is 0 Å². The van der Waals surface area contributed by atoms with Gasteiger partial charge in [0.1, 0.15) is 6.04 Å². The molecule has 2 amide bonds. The van der Waals surface area contributed by atoms with Crippen molar-refractivity contribution < 1.29 is 14.4 Å². The number of unbranched alkanes of at least 4 members (excludes halogenated alkanes) is 2. The monoisotopic (exact) mass is 413 g/mol. The number of amides is 2. The number of ketones is 1. The summed E-state index contributed by atoms with van der Waals surface area (Å²) in [5, 5.41) is 5.20. The Kier molecular flexibility index (Phi) is 17.1. The third kappa shape index (κ3) is 11.6. The van der Waals surface area contributed by atoms with Gasteiger partial charge in [0.15, 0.2) is 5.78 Å². The number of rotatable bonds is 14. The van der Waals surface area contributed by atoms with Crippen molar-refractivity contribution in [3.05, 3.63) is 0 Å². The molecular formula is C16H33Cl2N5O3. The summed E-state index contributed by atoms with van der Waals surface area (Å²) in [5.41, 5.74) is 16.6. The van der Waals surface area contributed by atoms with Gasteiger partial charge in [0.2, 0.25) is 11.8 Å². The Morgan fingerprint density at radius 3 is 1.96 bits per heavy atom. The third-order valence-corrected chi connectivity index (χ3v) is 4.11. The fourth-order valence-electron chi connectivity index (χ4n) is 2.22. The van der Waals surface area contributed by atoms with Gasteiger partial charge >= 0.3 is 0 Å². The van der Waals surface area contributed by atoms with Crippen LogP contribution in [0.2, 0.25) is 0 Å². The van der Waals surface area contributed by atoms with E-state index in [-0.39, 0.29) is 24.1 Å². The molecule has 0 aromatic rings. The Balaban J connectivity index is 0. The molecule has 0 aromatic heterocycles. The molecule has 0 bridgehead atoms. The van der Waals surface area contributed by atoms with Crippen molar-refractivity contribution >= 4 is 41.6 Å². The molecule has 0 aliphatic heterocycles. The van der Waals surface area contributed by atoms with Gasteiger partial charge in [0.25, 0.3) is 0 Å². The zero-order valence-corrected chi connectivity index (χ0v) is 16.9. The lowest BCUT2D eigenvalue weighted by atomic mass is 10.1. The molecular weight excluding hydrogens is 381 g/mol. The van der Waals surface area contributed by atoms with Crippen LogP contribution < -0.4 is 27.8 Å². The van der Waals surface area contributed by atoms with E-state index in [1.165, 1.54) is 0 Å². The Morgan fingerprint density at radius 2 is 1.46 bits per heavy atom. The average Bonchev–Trinajstić information content (AvgIpc) is 2.60. The summed E-state index contributed by atoms with van der Waals surface area (Å²) < 4.78 is 0. The Morgan fingerprint density at radius 1 is 0.923 bits per heavy atom. The van der Waals surface area contributed by atoms with Gasteiger partial charge < -0.3 is 27.8 Å². The van der Waals surface area contributed by atoms with E-state index in [4.69, 9.17) is 28.8 Å². The van der Waals surface area contributed by atoms with Gasteiger partial charge in [-0.2, -0.15) is 0 Å². The van der Waals surface area contributed by atoms with Gasteiger partial charge in [-0.1, -0.05) is 6.42 Å². The molecule has 10 heteroatoms. The summed E-state index contributed by atoms with van der Waals surface area (Å²) in [7, 11) is 0. The number of carbonyl (C=O) groups is 3. The number of carbonyl (C=O) groups excluding carboxylic acids is 3. The number of alkyl halides is 1. The number of nitrogens with one attached hydrogen (secondary N) is 2. The maximum atomic E-state index is 12.2. The van der Waals surface area contributed by atoms with Crippen molar-refractivity contribution in [3.8, 4) is 0 Å². The third-order valence-electron chi connectivity index (χ3n) is 3.84. The lowest BCUT2D eigenvalue weighted by Crippen LogP contribution is -2.53. The van der Waals surface area contributed by atoms with Gasteiger partial charge in [-0.15, -0.1) is 24.0 Å². The zero-order chi connectivity index (χ0) is 19.2. The van der Waals surface area contributed by atoms with Crippen LogP contribution >= 0.6 is 24.0 Å². The largest absolute Gasteiger partial charge is 0.344 e. The number of hydrogen-bond acceptors (Lipinski definition) is 6. The van der Waals surface area contributed by atoms with E-state index in [2.05, 4.69) is 10.6 Å². The normalized spacial score (nSPS) is 13.9. The lowest BCUT2D eigenvalue weighted by molar-refractivity contribution is -0.131. The minimum atomic E-state index is -0.798. The fourth-order valence-corrected chi connectivity index (χ4v) is 2.41. The predicted octanol–water partition coefficient (Wildman–Crippen LogP) is -0.209. The minimum Gasteiger partial charge on any atom is -0.344 e. The quantitative estimate of drug-likeness (QED) is 0.196. The van der Waals surface area contributed by atoms with Crippen LogP contribution in [0.25, 0.3) is 0 Å². The van der Waals surface area contributed by atoms with Crippen LogP contribution in [0.3, 0.4) is 0 Å². The van der Waals surface area contributed by atoms with Crippen molar-refractivity contribution in [2.24, 2.45) is 17.2 Å². The smallest absolute Gasteiger partial charge is 0.242 e. The second-order valence-corrected chi connectivity index (χ2v) is 6.33. The molecule has 26 heavy (non-hydrogen) atoms. The van der Waals surface area contributed by atoms with Gasteiger partial charge in [-0.25, -0.2) is 0 Å². The maximum absolute atomic E-state index is 12.2. The number of hydrogen-bond donors (Lipinski definition) is 5. The van der Waals surface area contributed by atoms with Crippen molar-refractivity contribution in [2.75, 3.05) is 19.0 Å². The molecule has 0 fully saturated rings. The fraction of sp³-hybridized carbons (Fsp3) is 0.812. The van der Waals surface area contributed by atoms with Crippen LogP contribution in [-0.4, -0.2) is 54.7 Å². The molecule has 0 aliphatic carbocycles. The molecule has 3 atom stereocenters. The summed E-state index contributed by atoms with van der Waals surface area (Å²) in [5.74, 6) is -1.29. The molecule has 0 spiro atoms. The van der Waals surface area contributed by atoms with Crippen molar-refractivity contribution in [1.82, 2.24) is 10.6 Å². The van der Waals surface area contributed by atoms with E-state index in [0.29, 0.717) is 32.4 Å². The van der Waals surface area contributed by atoms with Crippen molar-refractivity contribution in [3.63, 3.8) is 0 Å². The second-order valence-electron chi connectivity index (χ2n) is 6.07. The van der Waals surface area contributed by atoms with Crippen molar-refractivity contribution in [1.29, 1.82) is 0 Å². The molecule has 154 valence electrons. The van der Waals surface area contributed by atoms with E-state index in [1.807, 2.05) is 0 Å². The highest BCUT2D eigenvalue weighted by atomic mass is 35.5. The highest BCUT2D eigenvalue weighted by molar-refractivity contribution is 6.28. The highest BCUT2D eigenvalue weighted by Crippen LogP contribution is 2.04. The highest BCUT2D eigenvalue weighted by Gasteiger charge is 2.24. The van der Waals surface area contributed by atoms with E-state index < -0.39 is 29.9 Å². The van der Waals surface area contributed by atoms with Gasteiger partial charge in [-0.05, 0) is 52.1 Å². The second kappa shape index (κ2) is 16.3. The van der Waals surface area contributed by atoms with Crippen molar-refractivity contribution in [2.45, 2.75) is 63.6 Å². The SMILES string of the molecule is CC(NC(=O)C(N)CCCCN)C(=O)NC(CCCCN)C(=O)CCl.Cl. The molecule has 0 saturated heterocycles. The lowest BCUT2D eigenvalue weighted by Gasteiger charge is -2.21. The molecule has 0 heterocycles. The first-order chi connectivity index (χ1) is 11.9. The topological polar surface area (TPSA) is 153 Å². The molecule has 3 unspecified atom stereocenters. The average molecular weight is 414 g/mol. The van der Waals surface area contributed by atoms with Crippen LogP contribution in [0.1, 0.15) is 45.4 Å². The maximum Gasteiger partial charge on any atom is 0.242 e. The number of Topliss-reactive ketones (excluding diaryl/α,β-unsaturated/α-hetero) is 1. The molecule has 0 rings (SSSR count). The van der Waals surface area contributed by atoms with E-state index in [9.17, 15) is 14.4 Å². The molecule has 8 nitrogen and oxygen atoms in total. The zero-order valence-electron chi connectivity index (χ0n) is 15.3. The molecule has 0 radical (unpaired) electrons. The molecule has 0 aliphatic rings. The first-order valence-corrected chi connectivity index (χ1v) is 9.25. The summed E-state index contributed by atoms with van der Waals surface area (Å²) >= 11 is 5.59. The van der Waals surface area contributed by atoms with Crippen LogP contribution in [0.5, 0.6) is 0 Å². The van der Waals surface area contributed by atoms with Crippen LogP contribution in [0.15, 0.2) is 0 Å². The van der Waals surface area contributed by atoms with Gasteiger partial charge in [0, 0.05) is 0 Å². The first kappa shape index (κ1) is 27.3. The summed E-state index contributed by atoms with van der Waals surface area (Å²) in [6.07, 6.45) is 3.97. The Hall–Kier alpha value is -0.930. The van der Waals surface area contributed by atoms with Gasteiger partial charge in [0.05, 0.1) is 18.0 Å². The van der Waals surface area contributed by atoms with E-state index >= 15 is 0 Å². The number of nitrogens with two attached hydrogens (primary N) is 3. The predicted molar refractivity (Wildman–Crippen MR) is 106 cm³/mol. The molecule has 8 N–H and O–H groups in total.